The third kappa shape index (κ3) is 7.91. The van der Waals surface area contributed by atoms with Crippen LogP contribution in [0.5, 0.6) is 5.75 Å². The molecule has 0 amide bonds. The van der Waals surface area contributed by atoms with Crippen molar-refractivity contribution in [3.8, 4) is 5.75 Å². The van der Waals surface area contributed by atoms with E-state index in [-0.39, 0.29) is 0 Å². The van der Waals surface area contributed by atoms with Crippen molar-refractivity contribution in [1.29, 1.82) is 0 Å². The first-order valence-electron chi connectivity index (χ1n) is 8.98. The molecule has 1 N–H and O–H groups in total. The standard InChI is InChI=1S/C18H35NO4Si2/c1-8-10-16(13-14-25(20-2,21-3)22-4)19-17-11-9-12-18(15-17)23-24(5,6)7/h9,11-12,15-16,19H,8,10,13-14H2,1-7H3. The van der Waals surface area contributed by atoms with E-state index in [0.29, 0.717) is 6.04 Å². The van der Waals surface area contributed by atoms with Crippen LogP contribution < -0.4 is 9.74 Å². The van der Waals surface area contributed by atoms with E-state index in [1.807, 2.05) is 12.1 Å². The van der Waals surface area contributed by atoms with Crippen LogP contribution in [0.4, 0.5) is 5.69 Å². The summed E-state index contributed by atoms with van der Waals surface area (Å²) in [5, 5.41) is 3.64. The monoisotopic (exact) mass is 385 g/mol. The molecule has 144 valence electrons. The summed E-state index contributed by atoms with van der Waals surface area (Å²) in [7, 11) is 0.865. The number of rotatable bonds is 12. The summed E-state index contributed by atoms with van der Waals surface area (Å²) in [6.45, 7) is 8.78. The molecule has 0 fully saturated rings. The van der Waals surface area contributed by atoms with E-state index in [0.717, 1.165) is 36.7 Å². The zero-order valence-corrected chi connectivity index (χ0v) is 18.8. The number of nitrogens with one attached hydrogen (secondary N) is 1. The van der Waals surface area contributed by atoms with E-state index >= 15 is 0 Å². The van der Waals surface area contributed by atoms with Gasteiger partial charge in [-0.2, -0.15) is 0 Å². The summed E-state index contributed by atoms with van der Waals surface area (Å²) in [5.41, 5.74) is 1.09. The maximum Gasteiger partial charge on any atom is 0.500 e. The van der Waals surface area contributed by atoms with Gasteiger partial charge in [-0.15, -0.1) is 0 Å². The van der Waals surface area contributed by atoms with E-state index in [4.69, 9.17) is 17.7 Å². The van der Waals surface area contributed by atoms with Gasteiger partial charge >= 0.3 is 8.80 Å². The Hall–Kier alpha value is -0.866. The number of anilines is 1. The highest BCUT2D eigenvalue weighted by Gasteiger charge is 2.37. The third-order valence-corrected chi connectivity index (χ3v) is 7.61. The minimum Gasteiger partial charge on any atom is -0.544 e. The zero-order chi connectivity index (χ0) is 18.9. The van der Waals surface area contributed by atoms with Gasteiger partial charge < -0.3 is 23.0 Å². The smallest absolute Gasteiger partial charge is 0.500 e. The summed E-state index contributed by atoms with van der Waals surface area (Å²) >= 11 is 0. The van der Waals surface area contributed by atoms with Crippen LogP contribution in [0.2, 0.25) is 25.7 Å². The van der Waals surface area contributed by atoms with Crippen molar-refractivity contribution in [2.24, 2.45) is 0 Å². The molecule has 1 unspecified atom stereocenters. The molecular weight excluding hydrogens is 350 g/mol. The van der Waals surface area contributed by atoms with Crippen molar-refractivity contribution in [3.05, 3.63) is 24.3 Å². The molecule has 1 rings (SSSR count). The van der Waals surface area contributed by atoms with Crippen LogP contribution in [0, 0.1) is 0 Å². The van der Waals surface area contributed by atoms with Gasteiger partial charge in [0.25, 0.3) is 0 Å². The molecule has 0 spiro atoms. The molecule has 1 aromatic rings. The largest absolute Gasteiger partial charge is 0.544 e. The Morgan fingerprint density at radius 3 is 2.16 bits per heavy atom. The molecule has 1 aromatic carbocycles. The molecule has 0 saturated carbocycles. The average molecular weight is 386 g/mol. The van der Waals surface area contributed by atoms with Crippen molar-refractivity contribution in [2.45, 2.75) is 57.9 Å². The first-order valence-corrected chi connectivity index (χ1v) is 14.3. The van der Waals surface area contributed by atoms with Gasteiger partial charge in [0.2, 0.25) is 8.32 Å². The van der Waals surface area contributed by atoms with Crippen molar-refractivity contribution in [1.82, 2.24) is 0 Å². The van der Waals surface area contributed by atoms with Crippen molar-refractivity contribution < 1.29 is 17.7 Å². The van der Waals surface area contributed by atoms with Gasteiger partial charge in [0.1, 0.15) is 5.75 Å². The normalized spacial score (nSPS) is 13.6. The molecule has 0 radical (unpaired) electrons. The highest BCUT2D eigenvalue weighted by molar-refractivity contribution is 6.70. The summed E-state index contributed by atoms with van der Waals surface area (Å²) < 4.78 is 22.7. The second kappa shape index (κ2) is 10.3. The van der Waals surface area contributed by atoms with E-state index in [2.05, 4.69) is 44.0 Å². The van der Waals surface area contributed by atoms with Crippen LogP contribution in [-0.2, 0) is 13.3 Å². The van der Waals surface area contributed by atoms with Crippen LogP contribution in [0.25, 0.3) is 0 Å². The Morgan fingerprint density at radius 1 is 1.00 bits per heavy atom. The number of hydrogen-bond donors (Lipinski definition) is 1. The van der Waals surface area contributed by atoms with Crippen LogP contribution in [0.1, 0.15) is 26.2 Å². The molecule has 0 aliphatic rings. The zero-order valence-electron chi connectivity index (χ0n) is 16.8. The Bertz CT molecular complexity index is 496. The van der Waals surface area contributed by atoms with Gasteiger partial charge in [-0.05, 0) is 44.6 Å². The molecule has 1 atom stereocenters. The van der Waals surface area contributed by atoms with E-state index in [1.165, 1.54) is 0 Å². The molecule has 0 heterocycles. The second-order valence-corrected chi connectivity index (χ2v) is 14.7. The Labute approximate surface area is 155 Å². The highest BCUT2D eigenvalue weighted by atomic mass is 28.4. The van der Waals surface area contributed by atoms with Crippen LogP contribution in [0.15, 0.2) is 24.3 Å². The molecule has 0 saturated heterocycles. The van der Waals surface area contributed by atoms with E-state index in [9.17, 15) is 0 Å². The van der Waals surface area contributed by atoms with Crippen LogP contribution >= 0.6 is 0 Å². The highest BCUT2D eigenvalue weighted by Crippen LogP contribution is 2.24. The quantitative estimate of drug-likeness (QED) is 0.526. The first kappa shape index (κ1) is 22.2. The number of benzene rings is 1. The minimum atomic E-state index is -2.53. The van der Waals surface area contributed by atoms with E-state index in [1.54, 1.807) is 21.3 Å². The van der Waals surface area contributed by atoms with E-state index < -0.39 is 17.1 Å². The van der Waals surface area contributed by atoms with Gasteiger partial charge in [-0.25, -0.2) is 0 Å². The van der Waals surface area contributed by atoms with Gasteiger partial charge in [0.15, 0.2) is 0 Å². The Morgan fingerprint density at radius 2 is 1.64 bits per heavy atom. The van der Waals surface area contributed by atoms with Gasteiger partial charge in [0.05, 0.1) is 0 Å². The topological polar surface area (TPSA) is 49.0 Å². The number of hydrogen-bond acceptors (Lipinski definition) is 5. The average Bonchev–Trinajstić information content (AvgIpc) is 2.55. The Kier molecular flexibility index (Phi) is 9.16. The summed E-state index contributed by atoms with van der Waals surface area (Å²) in [6, 6.07) is 9.39. The maximum atomic E-state index is 6.10. The Balaban J connectivity index is 2.76. The van der Waals surface area contributed by atoms with Gasteiger partial charge in [-0.3, -0.25) is 0 Å². The minimum absolute atomic E-state index is 0.347. The molecule has 25 heavy (non-hydrogen) atoms. The summed E-state index contributed by atoms with van der Waals surface area (Å²) in [5.74, 6) is 0.939. The lowest BCUT2D eigenvalue weighted by molar-refractivity contribution is 0.122. The molecule has 7 heteroatoms. The fourth-order valence-electron chi connectivity index (χ4n) is 2.78. The van der Waals surface area contributed by atoms with Crippen molar-refractivity contribution in [3.63, 3.8) is 0 Å². The first-order chi connectivity index (χ1) is 11.8. The summed E-state index contributed by atoms with van der Waals surface area (Å²) in [4.78, 5) is 0. The lowest BCUT2D eigenvalue weighted by Gasteiger charge is -2.27. The lowest BCUT2D eigenvalue weighted by Crippen LogP contribution is -2.43. The summed E-state index contributed by atoms with van der Waals surface area (Å²) in [6.07, 6.45) is 3.14. The van der Waals surface area contributed by atoms with Gasteiger partial charge in [0, 0.05) is 45.2 Å². The molecule has 5 nitrogen and oxygen atoms in total. The fraction of sp³-hybridized carbons (Fsp3) is 0.667. The molecule has 0 aromatic heterocycles. The van der Waals surface area contributed by atoms with Crippen molar-refractivity contribution in [2.75, 3.05) is 26.6 Å². The van der Waals surface area contributed by atoms with Crippen molar-refractivity contribution >= 4 is 22.8 Å². The SMILES string of the molecule is CCCC(CC[Si](OC)(OC)OC)Nc1cccc(O[Si](C)(C)C)c1. The molecule has 0 bridgehead atoms. The van der Waals surface area contributed by atoms with Gasteiger partial charge in [-0.1, -0.05) is 19.4 Å². The predicted octanol–water partition coefficient (Wildman–Crippen LogP) is 4.75. The second-order valence-electron chi connectivity index (χ2n) is 7.21. The molecular formula is C18H35NO4Si2. The maximum absolute atomic E-state index is 6.10. The molecule has 0 aliphatic heterocycles. The third-order valence-electron chi connectivity index (χ3n) is 4.00. The predicted molar refractivity (Wildman–Crippen MR) is 109 cm³/mol. The fourth-order valence-corrected chi connectivity index (χ4v) is 5.43. The van der Waals surface area contributed by atoms with Crippen LogP contribution in [-0.4, -0.2) is 44.5 Å². The molecule has 0 aliphatic carbocycles. The lowest BCUT2D eigenvalue weighted by atomic mass is 10.1. The van der Waals surface area contributed by atoms with Crippen LogP contribution in [0.3, 0.4) is 0 Å².